The Morgan fingerprint density at radius 1 is 1.12 bits per heavy atom. The molecule has 0 saturated heterocycles. The van der Waals surface area contributed by atoms with Gasteiger partial charge >= 0.3 is 0 Å². The number of amides is 1. The molecule has 1 amide bonds. The number of hydrogen-bond acceptors (Lipinski definition) is 5. The summed E-state index contributed by atoms with van der Waals surface area (Å²) in [4.78, 5) is 12.4. The first-order chi connectivity index (χ1) is 15.2. The van der Waals surface area contributed by atoms with E-state index >= 15 is 0 Å². The highest BCUT2D eigenvalue weighted by Crippen LogP contribution is 2.40. The van der Waals surface area contributed by atoms with E-state index in [9.17, 15) is 23.6 Å². The Morgan fingerprint density at radius 3 is 2.28 bits per heavy atom. The summed E-state index contributed by atoms with van der Waals surface area (Å²) in [6.07, 6.45) is 0.980. The smallest absolute Gasteiger partial charge is 0.251 e. The van der Waals surface area contributed by atoms with Gasteiger partial charge in [0.15, 0.2) is 0 Å². The van der Waals surface area contributed by atoms with Gasteiger partial charge in [-0.15, -0.1) is 0 Å². The van der Waals surface area contributed by atoms with E-state index in [0.717, 1.165) is 10.6 Å². The van der Waals surface area contributed by atoms with Crippen LogP contribution in [0.4, 0.5) is 5.69 Å². The lowest BCUT2D eigenvalue weighted by molar-refractivity contribution is 0.0950. The molecular formula is C23H20ClN3O4S. The summed E-state index contributed by atoms with van der Waals surface area (Å²) in [6.45, 7) is -0.237. The Bertz CT molecular complexity index is 1270. The lowest BCUT2D eigenvalue weighted by Crippen LogP contribution is -2.30. The standard InChI is InChI=1S/C23H20ClN3O4S/c1-32(30,31)27(15-16-8-4-2-5-9-16)21-19(13-25)20(24)12-18(22(21)28)14-26-23(29)17-10-6-3-7-11-17/h2-12,28H,14-15H2,1H3,(H,26,29). The van der Waals surface area contributed by atoms with Gasteiger partial charge in [0.25, 0.3) is 5.91 Å². The van der Waals surface area contributed by atoms with Gasteiger partial charge in [0.05, 0.1) is 23.4 Å². The van der Waals surface area contributed by atoms with E-state index in [1.165, 1.54) is 6.07 Å². The molecule has 0 bridgehead atoms. The number of benzene rings is 3. The monoisotopic (exact) mass is 469 g/mol. The number of nitrogens with zero attached hydrogens (tertiary/aromatic N) is 2. The zero-order chi connectivity index (χ0) is 23.3. The first-order valence-corrected chi connectivity index (χ1v) is 11.7. The van der Waals surface area contributed by atoms with Gasteiger partial charge in [-0.25, -0.2) is 8.42 Å². The minimum atomic E-state index is -3.90. The predicted octanol–water partition coefficient (Wildman–Crippen LogP) is 3.81. The molecule has 3 aromatic rings. The number of aromatic hydroxyl groups is 1. The molecule has 0 spiro atoms. The summed E-state index contributed by atoms with van der Waals surface area (Å²) < 4.78 is 26.2. The number of rotatable bonds is 7. The van der Waals surface area contributed by atoms with Crippen LogP contribution >= 0.6 is 11.6 Å². The lowest BCUT2D eigenvalue weighted by atomic mass is 10.1. The second-order valence-corrected chi connectivity index (χ2v) is 9.32. The number of phenols is 1. The average molecular weight is 470 g/mol. The molecule has 0 aromatic heterocycles. The SMILES string of the molecule is CS(=O)(=O)N(Cc1ccccc1)c1c(O)c(CNC(=O)c2ccccc2)cc(Cl)c1C#N. The summed E-state index contributed by atoms with van der Waals surface area (Å²) in [5.74, 6) is -0.822. The van der Waals surface area contributed by atoms with Crippen molar-refractivity contribution in [1.29, 1.82) is 5.26 Å². The molecule has 0 unspecified atom stereocenters. The Hall–Kier alpha value is -3.54. The molecule has 32 heavy (non-hydrogen) atoms. The second kappa shape index (κ2) is 9.73. The zero-order valence-corrected chi connectivity index (χ0v) is 18.7. The first kappa shape index (κ1) is 23.1. The van der Waals surface area contributed by atoms with Crippen LogP contribution in [-0.4, -0.2) is 25.7 Å². The van der Waals surface area contributed by atoms with Crippen molar-refractivity contribution in [1.82, 2.24) is 5.32 Å². The van der Waals surface area contributed by atoms with Crippen molar-refractivity contribution in [3.63, 3.8) is 0 Å². The largest absolute Gasteiger partial charge is 0.505 e. The summed E-state index contributed by atoms with van der Waals surface area (Å²) in [5.41, 5.74) is 0.850. The van der Waals surface area contributed by atoms with Gasteiger partial charge in [0.2, 0.25) is 10.0 Å². The van der Waals surface area contributed by atoms with Gasteiger partial charge in [-0.2, -0.15) is 5.26 Å². The molecule has 0 aliphatic carbocycles. The lowest BCUT2D eigenvalue weighted by Gasteiger charge is -2.26. The molecule has 9 heteroatoms. The number of phenolic OH excluding ortho intramolecular Hbond substituents is 1. The van der Waals surface area contributed by atoms with Gasteiger partial charge in [-0.3, -0.25) is 9.10 Å². The third kappa shape index (κ3) is 5.19. The van der Waals surface area contributed by atoms with Crippen molar-refractivity contribution >= 4 is 33.2 Å². The number of carbonyl (C=O) groups is 1. The Morgan fingerprint density at radius 2 is 1.72 bits per heavy atom. The maximum Gasteiger partial charge on any atom is 0.251 e. The molecule has 2 N–H and O–H groups in total. The van der Waals surface area contributed by atoms with Crippen molar-refractivity contribution in [2.45, 2.75) is 13.1 Å². The summed E-state index contributed by atoms with van der Waals surface area (Å²) >= 11 is 6.27. The fourth-order valence-electron chi connectivity index (χ4n) is 3.14. The highest BCUT2D eigenvalue weighted by atomic mass is 35.5. The molecule has 3 aromatic carbocycles. The van der Waals surface area contributed by atoms with Crippen molar-refractivity contribution in [2.75, 3.05) is 10.6 Å². The topological polar surface area (TPSA) is 110 Å². The van der Waals surface area contributed by atoms with E-state index in [0.29, 0.717) is 11.1 Å². The third-order valence-electron chi connectivity index (χ3n) is 4.71. The van der Waals surface area contributed by atoms with Crippen LogP contribution in [0.25, 0.3) is 0 Å². The van der Waals surface area contributed by atoms with Crippen LogP contribution in [0.1, 0.15) is 27.0 Å². The Balaban J connectivity index is 2.03. The minimum absolute atomic E-state index is 0.0361. The summed E-state index contributed by atoms with van der Waals surface area (Å²) in [7, 11) is -3.90. The molecule has 0 heterocycles. The third-order valence-corrected chi connectivity index (χ3v) is 6.12. The molecule has 0 saturated carbocycles. The summed E-state index contributed by atoms with van der Waals surface area (Å²) in [6, 6.07) is 20.5. The van der Waals surface area contributed by atoms with Crippen LogP contribution < -0.4 is 9.62 Å². The molecule has 3 rings (SSSR count). The van der Waals surface area contributed by atoms with Crippen LogP contribution in [0, 0.1) is 11.3 Å². The van der Waals surface area contributed by atoms with Crippen LogP contribution in [0.15, 0.2) is 66.7 Å². The molecule has 164 valence electrons. The number of carbonyl (C=O) groups excluding carboxylic acids is 1. The van der Waals surface area contributed by atoms with Crippen LogP contribution in [0.3, 0.4) is 0 Å². The van der Waals surface area contributed by atoms with Crippen LogP contribution in [0.2, 0.25) is 5.02 Å². The molecule has 0 fully saturated rings. The number of halogens is 1. The van der Waals surface area contributed by atoms with Gasteiger partial charge in [-0.05, 0) is 23.8 Å². The fourth-order valence-corrected chi connectivity index (χ4v) is 4.30. The molecular weight excluding hydrogens is 450 g/mol. The fraction of sp³-hybridized carbons (Fsp3) is 0.130. The molecule has 0 radical (unpaired) electrons. The maximum atomic E-state index is 12.6. The number of sulfonamides is 1. The van der Waals surface area contributed by atoms with Crippen molar-refractivity contribution in [2.24, 2.45) is 0 Å². The summed E-state index contributed by atoms with van der Waals surface area (Å²) in [5, 5.41) is 23.2. The van der Waals surface area contributed by atoms with E-state index < -0.39 is 15.8 Å². The number of nitrogens with one attached hydrogen (secondary N) is 1. The first-order valence-electron chi connectivity index (χ1n) is 9.51. The van der Waals surface area contributed by atoms with Crippen molar-refractivity contribution in [3.8, 4) is 11.8 Å². The Kier molecular flexibility index (Phi) is 7.03. The van der Waals surface area contributed by atoms with E-state index in [2.05, 4.69) is 5.32 Å². The van der Waals surface area contributed by atoms with Crippen LogP contribution in [0.5, 0.6) is 5.75 Å². The van der Waals surface area contributed by atoms with Crippen molar-refractivity contribution < 1.29 is 18.3 Å². The molecule has 0 aliphatic rings. The van der Waals surface area contributed by atoms with E-state index in [4.69, 9.17) is 11.6 Å². The quantitative estimate of drug-likeness (QED) is 0.546. The number of hydrogen-bond donors (Lipinski definition) is 2. The number of anilines is 1. The molecule has 7 nitrogen and oxygen atoms in total. The minimum Gasteiger partial charge on any atom is -0.505 e. The number of nitriles is 1. The van der Waals surface area contributed by atoms with Gasteiger partial charge in [-0.1, -0.05) is 60.1 Å². The van der Waals surface area contributed by atoms with E-state index in [1.54, 1.807) is 60.7 Å². The van der Waals surface area contributed by atoms with Gasteiger partial charge in [0.1, 0.15) is 17.5 Å². The van der Waals surface area contributed by atoms with Gasteiger partial charge in [0, 0.05) is 17.7 Å². The average Bonchev–Trinajstić information content (AvgIpc) is 2.78. The maximum absolute atomic E-state index is 12.6. The predicted molar refractivity (Wildman–Crippen MR) is 123 cm³/mol. The highest BCUT2D eigenvalue weighted by molar-refractivity contribution is 7.92. The highest BCUT2D eigenvalue weighted by Gasteiger charge is 2.28. The van der Waals surface area contributed by atoms with Gasteiger partial charge < -0.3 is 10.4 Å². The molecule has 0 atom stereocenters. The normalized spacial score (nSPS) is 10.9. The second-order valence-electron chi connectivity index (χ2n) is 7.01. The Labute approximate surface area is 191 Å². The molecule has 0 aliphatic heterocycles. The zero-order valence-electron chi connectivity index (χ0n) is 17.1. The van der Waals surface area contributed by atoms with E-state index in [-0.39, 0.29) is 40.8 Å². The van der Waals surface area contributed by atoms with Crippen molar-refractivity contribution in [3.05, 3.63) is 94.0 Å². The van der Waals surface area contributed by atoms with E-state index in [1.807, 2.05) is 6.07 Å². The van der Waals surface area contributed by atoms with Crippen LogP contribution in [-0.2, 0) is 23.1 Å².